The maximum Gasteiger partial charge on any atom is 0.185 e. The summed E-state index contributed by atoms with van der Waals surface area (Å²) >= 11 is 0. The summed E-state index contributed by atoms with van der Waals surface area (Å²) in [4.78, 5) is 11.6. The summed E-state index contributed by atoms with van der Waals surface area (Å²) in [6.45, 7) is 0. The van der Waals surface area contributed by atoms with Gasteiger partial charge in [-0.05, 0) is 42.7 Å². The Morgan fingerprint density at radius 1 is 1.36 bits per heavy atom. The number of ether oxygens (including phenoxy) is 1. The molecular formula is C12H12O2. The Balaban J connectivity index is 2.47. The van der Waals surface area contributed by atoms with Crippen LogP contribution in [0.3, 0.4) is 0 Å². The van der Waals surface area contributed by atoms with Gasteiger partial charge in [-0.1, -0.05) is 6.08 Å². The third-order valence-electron chi connectivity index (χ3n) is 2.43. The summed E-state index contributed by atoms with van der Waals surface area (Å²) in [5.74, 6) is 0.915. The number of methoxy groups -OCH3 is 1. The van der Waals surface area contributed by atoms with Crippen LogP contribution in [0.5, 0.6) is 5.75 Å². The SMILES string of the molecule is COc1ccc2c(c1)CCC=CC2=O. The smallest absolute Gasteiger partial charge is 0.185 e. The van der Waals surface area contributed by atoms with Crippen molar-refractivity contribution >= 4 is 5.78 Å². The van der Waals surface area contributed by atoms with Gasteiger partial charge in [0, 0.05) is 5.56 Å². The number of rotatable bonds is 1. The lowest BCUT2D eigenvalue weighted by molar-refractivity contribution is 0.104. The van der Waals surface area contributed by atoms with E-state index in [1.165, 1.54) is 0 Å². The van der Waals surface area contributed by atoms with Gasteiger partial charge in [0.05, 0.1) is 7.11 Å². The van der Waals surface area contributed by atoms with Crippen LogP contribution in [0.25, 0.3) is 0 Å². The van der Waals surface area contributed by atoms with Crippen molar-refractivity contribution in [3.05, 3.63) is 41.5 Å². The van der Waals surface area contributed by atoms with Crippen LogP contribution in [-0.4, -0.2) is 12.9 Å². The molecule has 14 heavy (non-hydrogen) atoms. The molecule has 1 aliphatic rings. The molecule has 0 unspecified atom stereocenters. The van der Waals surface area contributed by atoms with Gasteiger partial charge in [0.1, 0.15) is 5.75 Å². The molecule has 0 radical (unpaired) electrons. The quantitative estimate of drug-likeness (QED) is 0.676. The lowest BCUT2D eigenvalue weighted by Crippen LogP contribution is -1.99. The Morgan fingerprint density at radius 3 is 3.00 bits per heavy atom. The Hall–Kier alpha value is -1.57. The van der Waals surface area contributed by atoms with Crippen LogP contribution >= 0.6 is 0 Å². The van der Waals surface area contributed by atoms with E-state index in [2.05, 4.69) is 0 Å². The maximum atomic E-state index is 11.6. The third kappa shape index (κ3) is 1.55. The van der Waals surface area contributed by atoms with Gasteiger partial charge in [-0.25, -0.2) is 0 Å². The standard InChI is InChI=1S/C12H12O2/c1-14-10-6-7-11-9(8-10)4-2-3-5-12(11)13/h3,5-8H,2,4H2,1H3. The number of fused-ring (bicyclic) bond motifs is 1. The van der Waals surface area contributed by atoms with E-state index in [9.17, 15) is 4.79 Å². The number of aryl methyl sites for hydroxylation is 1. The first-order valence-electron chi connectivity index (χ1n) is 4.69. The molecule has 0 heterocycles. The highest BCUT2D eigenvalue weighted by Gasteiger charge is 2.11. The van der Waals surface area contributed by atoms with Gasteiger partial charge in [0.25, 0.3) is 0 Å². The Kier molecular flexibility index (Phi) is 2.35. The monoisotopic (exact) mass is 188 g/mol. The number of hydrogen-bond acceptors (Lipinski definition) is 2. The predicted molar refractivity (Wildman–Crippen MR) is 54.8 cm³/mol. The molecule has 0 spiro atoms. The van der Waals surface area contributed by atoms with Gasteiger partial charge in [0.2, 0.25) is 0 Å². The van der Waals surface area contributed by atoms with Gasteiger partial charge in [0.15, 0.2) is 5.78 Å². The summed E-state index contributed by atoms with van der Waals surface area (Å²) in [6, 6.07) is 5.61. The van der Waals surface area contributed by atoms with Crippen LogP contribution < -0.4 is 4.74 Å². The molecule has 2 rings (SSSR count). The minimum atomic E-state index is 0.0974. The average Bonchev–Trinajstić information content (AvgIpc) is 2.40. The van der Waals surface area contributed by atoms with E-state index in [4.69, 9.17) is 4.74 Å². The van der Waals surface area contributed by atoms with E-state index < -0.39 is 0 Å². The molecule has 0 atom stereocenters. The van der Waals surface area contributed by atoms with Crippen molar-refractivity contribution in [3.8, 4) is 5.75 Å². The highest BCUT2D eigenvalue weighted by Crippen LogP contribution is 2.22. The Bertz CT molecular complexity index is 391. The van der Waals surface area contributed by atoms with Crippen LogP contribution in [0, 0.1) is 0 Å². The van der Waals surface area contributed by atoms with Gasteiger partial charge in [-0.2, -0.15) is 0 Å². The van der Waals surface area contributed by atoms with E-state index in [-0.39, 0.29) is 5.78 Å². The largest absolute Gasteiger partial charge is 0.497 e. The van der Waals surface area contributed by atoms with Gasteiger partial charge >= 0.3 is 0 Å². The first-order valence-corrected chi connectivity index (χ1v) is 4.69. The highest BCUT2D eigenvalue weighted by atomic mass is 16.5. The lowest BCUT2D eigenvalue weighted by Gasteiger charge is -2.06. The normalized spacial score (nSPS) is 14.8. The predicted octanol–water partition coefficient (Wildman–Crippen LogP) is 2.38. The van der Waals surface area contributed by atoms with Gasteiger partial charge in [-0.15, -0.1) is 0 Å². The van der Waals surface area contributed by atoms with Crippen molar-refractivity contribution in [2.24, 2.45) is 0 Å². The summed E-state index contributed by atoms with van der Waals surface area (Å²) in [6.07, 6.45) is 5.41. The zero-order valence-corrected chi connectivity index (χ0v) is 8.12. The van der Waals surface area contributed by atoms with E-state index in [0.717, 1.165) is 29.7 Å². The molecule has 0 fully saturated rings. The van der Waals surface area contributed by atoms with E-state index >= 15 is 0 Å². The van der Waals surface area contributed by atoms with Gasteiger partial charge in [-0.3, -0.25) is 4.79 Å². The number of allylic oxidation sites excluding steroid dienone is 2. The second-order valence-electron chi connectivity index (χ2n) is 3.33. The minimum absolute atomic E-state index is 0.0974. The first kappa shape index (κ1) is 9.00. The summed E-state index contributed by atoms with van der Waals surface area (Å²) in [7, 11) is 1.64. The fraction of sp³-hybridized carbons (Fsp3) is 0.250. The number of ketones is 1. The molecule has 0 saturated carbocycles. The maximum absolute atomic E-state index is 11.6. The Labute approximate surface area is 83.2 Å². The molecule has 0 N–H and O–H groups in total. The fourth-order valence-corrected chi connectivity index (χ4v) is 1.66. The topological polar surface area (TPSA) is 26.3 Å². The fourth-order valence-electron chi connectivity index (χ4n) is 1.66. The molecule has 1 aliphatic carbocycles. The second-order valence-corrected chi connectivity index (χ2v) is 3.33. The van der Waals surface area contributed by atoms with Crippen LogP contribution in [0.4, 0.5) is 0 Å². The zero-order chi connectivity index (χ0) is 9.97. The van der Waals surface area contributed by atoms with E-state index in [1.54, 1.807) is 13.2 Å². The molecule has 0 aliphatic heterocycles. The van der Waals surface area contributed by atoms with E-state index in [1.807, 2.05) is 24.3 Å². The number of carbonyl (C=O) groups excluding carboxylic acids is 1. The first-order chi connectivity index (χ1) is 6.81. The number of carbonyl (C=O) groups is 1. The molecule has 0 aromatic heterocycles. The van der Waals surface area contributed by atoms with Crippen LogP contribution in [-0.2, 0) is 6.42 Å². The molecule has 0 bridgehead atoms. The van der Waals surface area contributed by atoms with Crippen molar-refractivity contribution in [3.63, 3.8) is 0 Å². The zero-order valence-electron chi connectivity index (χ0n) is 8.12. The summed E-state index contributed by atoms with van der Waals surface area (Å²) in [5.41, 5.74) is 1.89. The molecular weight excluding hydrogens is 176 g/mol. The molecule has 72 valence electrons. The van der Waals surface area contributed by atoms with Crippen molar-refractivity contribution in [2.75, 3.05) is 7.11 Å². The highest BCUT2D eigenvalue weighted by molar-refractivity contribution is 6.06. The molecule has 1 aromatic rings. The Morgan fingerprint density at radius 2 is 2.21 bits per heavy atom. The minimum Gasteiger partial charge on any atom is -0.497 e. The molecule has 2 heteroatoms. The summed E-state index contributed by atoms with van der Waals surface area (Å²) in [5, 5.41) is 0. The van der Waals surface area contributed by atoms with E-state index in [0.29, 0.717) is 0 Å². The van der Waals surface area contributed by atoms with Crippen molar-refractivity contribution in [1.29, 1.82) is 0 Å². The molecule has 0 saturated heterocycles. The summed E-state index contributed by atoms with van der Waals surface area (Å²) < 4.78 is 5.12. The van der Waals surface area contributed by atoms with Crippen LogP contribution in [0.1, 0.15) is 22.3 Å². The lowest BCUT2D eigenvalue weighted by atomic mass is 10.0. The number of hydrogen-bond donors (Lipinski definition) is 0. The molecule has 2 nitrogen and oxygen atoms in total. The van der Waals surface area contributed by atoms with Crippen molar-refractivity contribution < 1.29 is 9.53 Å². The van der Waals surface area contributed by atoms with Crippen LogP contribution in [0.2, 0.25) is 0 Å². The van der Waals surface area contributed by atoms with Crippen molar-refractivity contribution in [2.45, 2.75) is 12.8 Å². The number of benzene rings is 1. The average molecular weight is 188 g/mol. The van der Waals surface area contributed by atoms with Crippen LogP contribution in [0.15, 0.2) is 30.4 Å². The van der Waals surface area contributed by atoms with Crippen molar-refractivity contribution in [1.82, 2.24) is 0 Å². The third-order valence-corrected chi connectivity index (χ3v) is 2.43. The second kappa shape index (κ2) is 3.66. The molecule has 1 aromatic carbocycles. The molecule has 0 amide bonds. The van der Waals surface area contributed by atoms with Gasteiger partial charge < -0.3 is 4.74 Å².